The molecule has 128 valence electrons. The van der Waals surface area contributed by atoms with Crippen LogP contribution in [0.5, 0.6) is 0 Å². The highest BCUT2D eigenvalue weighted by Gasteiger charge is 2.34. The third-order valence-electron chi connectivity index (χ3n) is 4.14. The summed E-state index contributed by atoms with van der Waals surface area (Å²) in [4.78, 5) is 12.2. The van der Waals surface area contributed by atoms with Crippen molar-refractivity contribution in [2.75, 3.05) is 33.1 Å². The predicted octanol–water partition coefficient (Wildman–Crippen LogP) is 0.560. The lowest BCUT2D eigenvalue weighted by molar-refractivity contribution is -0.121. The van der Waals surface area contributed by atoms with Crippen LogP contribution in [0.25, 0.3) is 0 Å². The van der Waals surface area contributed by atoms with Crippen LogP contribution in [-0.4, -0.2) is 57.7 Å². The number of rotatable bonds is 6. The van der Waals surface area contributed by atoms with Crippen molar-refractivity contribution < 1.29 is 17.9 Å². The van der Waals surface area contributed by atoms with Gasteiger partial charge in [0.25, 0.3) is 0 Å². The molecule has 0 bridgehead atoms. The highest BCUT2D eigenvalue weighted by Crippen LogP contribution is 2.17. The predicted molar refractivity (Wildman–Crippen MR) is 88.6 cm³/mol. The second-order valence-corrected chi connectivity index (χ2v) is 8.36. The van der Waals surface area contributed by atoms with E-state index in [2.05, 4.69) is 5.32 Å². The number of benzene rings is 1. The van der Waals surface area contributed by atoms with Gasteiger partial charge in [-0.2, -0.15) is 0 Å². The van der Waals surface area contributed by atoms with Crippen LogP contribution in [0.2, 0.25) is 0 Å². The summed E-state index contributed by atoms with van der Waals surface area (Å²) in [6, 6.07) is 7.47. The number of hydrogen-bond acceptors (Lipinski definition) is 4. The van der Waals surface area contributed by atoms with E-state index in [-0.39, 0.29) is 30.0 Å². The number of carbonyl (C=O) groups is 1. The Kier molecular flexibility index (Phi) is 5.78. The average Bonchev–Trinajstić information content (AvgIpc) is 2.87. The summed E-state index contributed by atoms with van der Waals surface area (Å²) in [6.07, 6.45) is 0.288. The molecule has 0 unspecified atom stereocenters. The minimum atomic E-state index is -3.31. The quantitative estimate of drug-likeness (QED) is 0.821. The highest BCUT2D eigenvalue weighted by molar-refractivity contribution is 7.89. The monoisotopic (exact) mass is 340 g/mol. The normalized spacial score (nSPS) is 21.6. The molecule has 0 saturated carbocycles. The Morgan fingerprint density at radius 2 is 2.00 bits per heavy atom. The Morgan fingerprint density at radius 3 is 2.65 bits per heavy atom. The smallest absolute Gasteiger partial charge is 0.224 e. The van der Waals surface area contributed by atoms with Crippen LogP contribution in [0, 0.1) is 12.8 Å². The fraction of sp³-hybridized carbons (Fsp3) is 0.562. The molecule has 1 fully saturated rings. The number of ether oxygens (including phenoxy) is 1. The molecule has 0 aromatic heterocycles. The van der Waals surface area contributed by atoms with Crippen molar-refractivity contribution >= 4 is 15.9 Å². The summed E-state index contributed by atoms with van der Waals surface area (Å²) in [7, 11) is -0.292. The zero-order chi connectivity index (χ0) is 17.0. The van der Waals surface area contributed by atoms with Gasteiger partial charge in [-0.05, 0) is 18.1 Å². The molecule has 1 aromatic carbocycles. The third kappa shape index (κ3) is 4.76. The molecule has 23 heavy (non-hydrogen) atoms. The molecule has 1 amide bonds. The number of carbonyl (C=O) groups excluding carboxylic acids is 1. The molecular weight excluding hydrogens is 316 g/mol. The van der Waals surface area contributed by atoms with Gasteiger partial charge < -0.3 is 10.1 Å². The lowest BCUT2D eigenvalue weighted by atomic mass is 10.0. The van der Waals surface area contributed by atoms with Gasteiger partial charge in [-0.25, -0.2) is 12.7 Å². The number of sulfonamides is 1. The minimum Gasteiger partial charge on any atom is -0.379 e. The Labute approximate surface area is 137 Å². The van der Waals surface area contributed by atoms with Crippen LogP contribution in [0.3, 0.4) is 0 Å². The fourth-order valence-corrected chi connectivity index (χ4v) is 3.75. The second-order valence-electron chi connectivity index (χ2n) is 6.14. The lowest BCUT2D eigenvalue weighted by Crippen LogP contribution is -2.44. The molecule has 6 nitrogen and oxygen atoms in total. The molecule has 1 aromatic rings. The first kappa shape index (κ1) is 17.9. The minimum absolute atomic E-state index is 0.0185. The van der Waals surface area contributed by atoms with Crippen molar-refractivity contribution in [2.24, 2.45) is 5.92 Å². The number of aryl methyl sites for hydroxylation is 1. The van der Waals surface area contributed by atoms with Gasteiger partial charge in [0.1, 0.15) is 0 Å². The van der Waals surface area contributed by atoms with E-state index in [4.69, 9.17) is 4.74 Å². The zero-order valence-electron chi connectivity index (χ0n) is 13.8. The number of nitrogens with one attached hydrogen (secondary N) is 1. The number of amides is 1. The highest BCUT2D eigenvalue weighted by atomic mass is 32.2. The van der Waals surface area contributed by atoms with Crippen LogP contribution >= 0.6 is 0 Å². The summed E-state index contributed by atoms with van der Waals surface area (Å²) in [5, 5.41) is 2.92. The maximum atomic E-state index is 12.2. The van der Waals surface area contributed by atoms with Crippen molar-refractivity contribution in [1.29, 1.82) is 0 Å². The van der Waals surface area contributed by atoms with Crippen LogP contribution in [0.1, 0.15) is 11.1 Å². The second kappa shape index (κ2) is 7.42. The molecule has 1 aliphatic rings. The molecule has 1 aliphatic heterocycles. The largest absolute Gasteiger partial charge is 0.379 e. The first-order valence-electron chi connectivity index (χ1n) is 7.61. The number of nitrogens with zero attached hydrogens (tertiary/aromatic N) is 1. The average molecular weight is 340 g/mol. The van der Waals surface area contributed by atoms with E-state index in [1.807, 2.05) is 31.2 Å². The molecule has 1 saturated heterocycles. The summed E-state index contributed by atoms with van der Waals surface area (Å²) < 4.78 is 30.6. The van der Waals surface area contributed by atoms with Gasteiger partial charge in [0.05, 0.1) is 31.4 Å². The van der Waals surface area contributed by atoms with Crippen molar-refractivity contribution in [3.63, 3.8) is 0 Å². The summed E-state index contributed by atoms with van der Waals surface area (Å²) >= 11 is 0. The van der Waals surface area contributed by atoms with Crippen molar-refractivity contribution in [2.45, 2.75) is 19.4 Å². The molecule has 0 aliphatic carbocycles. The summed E-state index contributed by atoms with van der Waals surface area (Å²) in [5.41, 5.74) is 2.04. The Morgan fingerprint density at radius 1 is 1.30 bits per heavy atom. The van der Waals surface area contributed by atoms with Crippen molar-refractivity contribution in [3.8, 4) is 0 Å². The molecule has 0 radical (unpaired) electrons. The summed E-state index contributed by atoms with van der Waals surface area (Å²) in [5.74, 6) is -0.347. The Hall–Kier alpha value is -1.44. The number of hydrogen-bond donors (Lipinski definition) is 1. The van der Waals surface area contributed by atoms with E-state index in [1.165, 1.54) is 18.4 Å². The van der Waals surface area contributed by atoms with E-state index in [0.29, 0.717) is 13.2 Å². The van der Waals surface area contributed by atoms with Gasteiger partial charge in [0.15, 0.2) is 0 Å². The molecular formula is C16H24N2O4S. The molecule has 7 heteroatoms. The lowest BCUT2D eigenvalue weighted by Gasteiger charge is -2.21. The van der Waals surface area contributed by atoms with E-state index < -0.39 is 10.0 Å². The Balaban J connectivity index is 1.96. The maximum absolute atomic E-state index is 12.2. The maximum Gasteiger partial charge on any atom is 0.224 e. The molecule has 1 N–H and O–H groups in total. The van der Waals surface area contributed by atoms with Crippen molar-refractivity contribution in [1.82, 2.24) is 9.62 Å². The van der Waals surface area contributed by atoms with Gasteiger partial charge in [0.2, 0.25) is 15.9 Å². The molecule has 1 heterocycles. The van der Waals surface area contributed by atoms with Gasteiger partial charge in [-0.3, -0.25) is 4.79 Å². The van der Waals surface area contributed by atoms with Gasteiger partial charge >= 0.3 is 0 Å². The topological polar surface area (TPSA) is 75.7 Å². The van der Waals surface area contributed by atoms with Crippen LogP contribution in [0.4, 0.5) is 0 Å². The molecule has 2 rings (SSSR count). The van der Waals surface area contributed by atoms with Crippen LogP contribution < -0.4 is 5.32 Å². The third-order valence-corrected chi connectivity index (χ3v) is 6.10. The Bertz CT molecular complexity index is 658. The van der Waals surface area contributed by atoms with Crippen molar-refractivity contribution in [3.05, 3.63) is 35.4 Å². The zero-order valence-corrected chi connectivity index (χ0v) is 14.6. The van der Waals surface area contributed by atoms with E-state index in [9.17, 15) is 13.2 Å². The van der Waals surface area contributed by atoms with E-state index in [0.717, 1.165) is 11.1 Å². The van der Waals surface area contributed by atoms with Crippen LogP contribution in [-0.2, 0) is 26.0 Å². The fourth-order valence-electron chi connectivity index (χ4n) is 2.58. The summed E-state index contributed by atoms with van der Waals surface area (Å²) in [6.45, 7) is 2.67. The van der Waals surface area contributed by atoms with E-state index >= 15 is 0 Å². The SMILES string of the molecule is Cc1ccccc1CC(=O)N[C@@H]1COC[C@H]1CS(=O)(=O)N(C)C. The van der Waals surface area contributed by atoms with E-state index in [1.54, 1.807) is 0 Å². The molecule has 0 spiro atoms. The van der Waals surface area contributed by atoms with Gasteiger partial charge in [-0.1, -0.05) is 24.3 Å². The first-order valence-corrected chi connectivity index (χ1v) is 9.22. The van der Waals surface area contributed by atoms with Crippen LogP contribution in [0.15, 0.2) is 24.3 Å². The van der Waals surface area contributed by atoms with Gasteiger partial charge in [0, 0.05) is 20.0 Å². The standard InChI is InChI=1S/C16H24N2O4S/c1-12-6-4-5-7-13(12)8-16(19)17-15-10-22-9-14(15)11-23(20,21)18(2)3/h4-7,14-15H,8-11H2,1-3H3,(H,17,19)/t14-,15+/m0/s1. The first-order chi connectivity index (χ1) is 10.8. The molecule has 2 atom stereocenters. The van der Waals surface area contributed by atoms with Gasteiger partial charge in [-0.15, -0.1) is 0 Å².